The standard InChI is InChI=1S/C10H18ClNO3S/c1-10(2,3)4-9(13)12-8-6-16(14,15)5-7(8)11/h7-8H,4-6H2,1-3H3,(H,12,13)/t7-,8+/m1/s1. The van der Waals surface area contributed by atoms with E-state index in [0.717, 1.165) is 0 Å². The second-order valence-electron chi connectivity index (χ2n) is 5.50. The van der Waals surface area contributed by atoms with E-state index >= 15 is 0 Å². The zero-order valence-corrected chi connectivity index (χ0v) is 11.4. The highest BCUT2D eigenvalue weighted by Crippen LogP contribution is 2.21. The third kappa shape index (κ3) is 4.29. The fourth-order valence-electron chi connectivity index (χ4n) is 1.68. The second-order valence-corrected chi connectivity index (χ2v) is 8.22. The molecular weight excluding hydrogens is 250 g/mol. The number of hydrogen-bond acceptors (Lipinski definition) is 3. The highest BCUT2D eigenvalue weighted by atomic mass is 35.5. The quantitative estimate of drug-likeness (QED) is 0.758. The molecule has 0 radical (unpaired) electrons. The SMILES string of the molecule is CC(C)(C)CC(=O)N[C@H]1CS(=O)(=O)C[C@H]1Cl. The summed E-state index contributed by atoms with van der Waals surface area (Å²) in [6, 6.07) is -0.443. The van der Waals surface area contributed by atoms with E-state index in [1.165, 1.54) is 0 Å². The predicted molar refractivity (Wildman–Crippen MR) is 64.3 cm³/mol. The highest BCUT2D eigenvalue weighted by Gasteiger charge is 2.37. The number of halogens is 1. The Balaban J connectivity index is 2.53. The Morgan fingerprint density at radius 3 is 2.31 bits per heavy atom. The number of hydrogen-bond donors (Lipinski definition) is 1. The lowest BCUT2D eigenvalue weighted by atomic mass is 9.92. The Labute approximate surface area is 102 Å². The summed E-state index contributed by atoms with van der Waals surface area (Å²) >= 11 is 5.88. The van der Waals surface area contributed by atoms with Crippen LogP contribution in [-0.2, 0) is 14.6 Å². The van der Waals surface area contributed by atoms with Crippen molar-refractivity contribution < 1.29 is 13.2 Å². The summed E-state index contributed by atoms with van der Waals surface area (Å²) in [6.07, 6.45) is 0.368. The number of nitrogens with one attached hydrogen (secondary N) is 1. The molecule has 16 heavy (non-hydrogen) atoms. The summed E-state index contributed by atoms with van der Waals surface area (Å²) in [4.78, 5) is 11.6. The third-order valence-electron chi connectivity index (χ3n) is 2.32. The summed E-state index contributed by atoms with van der Waals surface area (Å²) in [6.45, 7) is 5.86. The summed E-state index contributed by atoms with van der Waals surface area (Å²) in [5.74, 6) is -0.230. The molecule has 6 heteroatoms. The van der Waals surface area contributed by atoms with E-state index in [-0.39, 0.29) is 22.8 Å². The van der Waals surface area contributed by atoms with Gasteiger partial charge in [-0.1, -0.05) is 20.8 Å². The van der Waals surface area contributed by atoms with Crippen molar-refractivity contribution in [2.45, 2.75) is 38.6 Å². The molecule has 0 aromatic carbocycles. The van der Waals surface area contributed by atoms with Crippen molar-refractivity contribution in [1.82, 2.24) is 5.32 Å². The van der Waals surface area contributed by atoms with Gasteiger partial charge in [0.05, 0.1) is 22.9 Å². The number of carbonyl (C=O) groups excluding carboxylic acids is 1. The Bertz CT molecular complexity index is 372. The Kier molecular flexibility index (Phi) is 3.90. The molecule has 1 saturated heterocycles. The van der Waals surface area contributed by atoms with Crippen molar-refractivity contribution in [3.05, 3.63) is 0 Å². The molecule has 1 N–H and O–H groups in total. The minimum Gasteiger partial charge on any atom is -0.351 e. The maximum atomic E-state index is 11.6. The van der Waals surface area contributed by atoms with Crippen LogP contribution in [0.4, 0.5) is 0 Å². The van der Waals surface area contributed by atoms with E-state index in [1.54, 1.807) is 0 Å². The lowest BCUT2D eigenvalue weighted by Gasteiger charge is -2.20. The van der Waals surface area contributed by atoms with Crippen LogP contribution in [0.1, 0.15) is 27.2 Å². The third-order valence-corrected chi connectivity index (χ3v) is 4.70. The van der Waals surface area contributed by atoms with E-state index < -0.39 is 21.3 Å². The highest BCUT2D eigenvalue weighted by molar-refractivity contribution is 7.91. The molecular formula is C10H18ClNO3S. The summed E-state index contributed by atoms with van der Waals surface area (Å²) in [7, 11) is -3.08. The van der Waals surface area contributed by atoms with Crippen molar-refractivity contribution in [2.24, 2.45) is 5.41 Å². The average Bonchev–Trinajstić information content (AvgIpc) is 2.19. The van der Waals surface area contributed by atoms with Crippen LogP contribution in [0.3, 0.4) is 0 Å². The van der Waals surface area contributed by atoms with Crippen LogP contribution >= 0.6 is 11.6 Å². The van der Waals surface area contributed by atoms with Crippen molar-refractivity contribution in [2.75, 3.05) is 11.5 Å². The first kappa shape index (κ1) is 13.8. The van der Waals surface area contributed by atoms with Crippen LogP contribution in [0.5, 0.6) is 0 Å². The maximum Gasteiger partial charge on any atom is 0.220 e. The van der Waals surface area contributed by atoms with Crippen LogP contribution in [0.15, 0.2) is 0 Å². The van der Waals surface area contributed by atoms with Crippen LogP contribution in [0.25, 0.3) is 0 Å². The smallest absolute Gasteiger partial charge is 0.220 e. The van der Waals surface area contributed by atoms with Crippen LogP contribution in [-0.4, -0.2) is 37.2 Å². The number of sulfone groups is 1. The molecule has 0 unspecified atom stereocenters. The molecule has 1 heterocycles. The molecule has 0 aliphatic carbocycles. The monoisotopic (exact) mass is 267 g/mol. The zero-order valence-electron chi connectivity index (χ0n) is 9.79. The van der Waals surface area contributed by atoms with Crippen molar-refractivity contribution in [1.29, 1.82) is 0 Å². The number of alkyl halides is 1. The van der Waals surface area contributed by atoms with Gasteiger partial charge in [-0.2, -0.15) is 0 Å². The van der Waals surface area contributed by atoms with Crippen LogP contribution < -0.4 is 5.32 Å². The first-order valence-electron chi connectivity index (χ1n) is 5.23. The number of carbonyl (C=O) groups is 1. The molecule has 1 amide bonds. The molecule has 0 spiro atoms. The van der Waals surface area contributed by atoms with Gasteiger partial charge >= 0.3 is 0 Å². The molecule has 0 aromatic heterocycles. The molecule has 2 atom stereocenters. The van der Waals surface area contributed by atoms with Gasteiger partial charge in [-0.15, -0.1) is 11.6 Å². The molecule has 1 aliphatic rings. The van der Waals surface area contributed by atoms with E-state index in [2.05, 4.69) is 5.32 Å². The van der Waals surface area contributed by atoms with Gasteiger partial charge in [0.1, 0.15) is 0 Å². The summed E-state index contributed by atoms with van der Waals surface area (Å²) in [5, 5.41) is 2.19. The Morgan fingerprint density at radius 1 is 1.38 bits per heavy atom. The van der Waals surface area contributed by atoms with E-state index in [4.69, 9.17) is 11.6 Å². The predicted octanol–water partition coefficient (Wildman–Crippen LogP) is 0.943. The first-order chi connectivity index (χ1) is 7.09. The molecule has 1 aliphatic heterocycles. The van der Waals surface area contributed by atoms with Crippen molar-refractivity contribution in [3.63, 3.8) is 0 Å². The molecule has 94 valence electrons. The molecule has 0 bridgehead atoms. The van der Waals surface area contributed by atoms with E-state index in [1.807, 2.05) is 20.8 Å². The second kappa shape index (κ2) is 4.53. The van der Waals surface area contributed by atoms with Gasteiger partial charge in [-0.3, -0.25) is 4.79 Å². The lowest BCUT2D eigenvalue weighted by molar-refractivity contribution is -0.123. The minimum atomic E-state index is -3.08. The van der Waals surface area contributed by atoms with E-state index in [0.29, 0.717) is 6.42 Å². The molecule has 4 nitrogen and oxygen atoms in total. The molecule has 0 aromatic rings. The Hall–Kier alpha value is -0.290. The molecule has 1 rings (SSSR count). The largest absolute Gasteiger partial charge is 0.351 e. The first-order valence-corrected chi connectivity index (χ1v) is 7.49. The van der Waals surface area contributed by atoms with Gasteiger partial charge in [-0.05, 0) is 5.41 Å². The fraction of sp³-hybridized carbons (Fsp3) is 0.900. The maximum absolute atomic E-state index is 11.6. The van der Waals surface area contributed by atoms with Gasteiger partial charge < -0.3 is 5.32 Å². The summed E-state index contributed by atoms with van der Waals surface area (Å²) < 4.78 is 22.6. The lowest BCUT2D eigenvalue weighted by Crippen LogP contribution is -2.41. The number of amides is 1. The zero-order chi connectivity index (χ0) is 12.6. The Morgan fingerprint density at radius 2 is 1.94 bits per heavy atom. The van der Waals surface area contributed by atoms with Crippen LogP contribution in [0.2, 0.25) is 0 Å². The van der Waals surface area contributed by atoms with Crippen molar-refractivity contribution in [3.8, 4) is 0 Å². The van der Waals surface area contributed by atoms with Gasteiger partial charge in [0, 0.05) is 6.42 Å². The van der Waals surface area contributed by atoms with Crippen molar-refractivity contribution >= 4 is 27.3 Å². The molecule has 1 fully saturated rings. The topological polar surface area (TPSA) is 63.2 Å². The number of rotatable bonds is 2. The molecule has 0 saturated carbocycles. The van der Waals surface area contributed by atoms with Gasteiger partial charge in [0.15, 0.2) is 9.84 Å². The normalized spacial score (nSPS) is 29.0. The van der Waals surface area contributed by atoms with Gasteiger partial charge in [-0.25, -0.2) is 8.42 Å². The average molecular weight is 268 g/mol. The van der Waals surface area contributed by atoms with Crippen LogP contribution in [0, 0.1) is 5.41 Å². The van der Waals surface area contributed by atoms with E-state index in [9.17, 15) is 13.2 Å². The van der Waals surface area contributed by atoms with Gasteiger partial charge in [0.2, 0.25) is 5.91 Å². The van der Waals surface area contributed by atoms with Gasteiger partial charge in [0.25, 0.3) is 0 Å². The summed E-state index contributed by atoms with van der Waals surface area (Å²) in [5.41, 5.74) is -0.108. The fourth-order valence-corrected chi connectivity index (χ4v) is 4.23. The minimum absolute atomic E-state index is 0.0446.